The molecule has 0 N–H and O–H groups in total. The second-order valence-electron chi connectivity index (χ2n) is 7.31. The number of nitrogens with zero attached hydrogens (tertiary/aromatic N) is 1. The van der Waals surface area contributed by atoms with Gasteiger partial charge in [-0.1, -0.05) is 43.1 Å². The molecular weight excluding hydrogens is 410 g/mol. The zero-order valence-electron chi connectivity index (χ0n) is 16.5. The van der Waals surface area contributed by atoms with E-state index in [9.17, 15) is 13.2 Å². The molecule has 1 aliphatic rings. The van der Waals surface area contributed by atoms with Crippen molar-refractivity contribution in [3.05, 3.63) is 64.7 Å². The largest absolute Gasteiger partial charge is 0.494 e. The topological polar surface area (TPSA) is 63.7 Å². The van der Waals surface area contributed by atoms with Gasteiger partial charge in [0.2, 0.25) is 0 Å². The molecule has 29 heavy (non-hydrogen) atoms. The van der Waals surface area contributed by atoms with Gasteiger partial charge in [-0.2, -0.15) is 0 Å². The Morgan fingerprint density at radius 2 is 1.90 bits per heavy atom. The van der Waals surface area contributed by atoms with Crippen LogP contribution in [0.3, 0.4) is 0 Å². The third-order valence-electron chi connectivity index (χ3n) is 5.08. The molecular formula is C22H26ClNO4S. The molecule has 2 aromatic rings. The van der Waals surface area contributed by atoms with Gasteiger partial charge in [-0.15, -0.1) is 0 Å². The van der Waals surface area contributed by atoms with E-state index >= 15 is 0 Å². The van der Waals surface area contributed by atoms with Crippen LogP contribution in [-0.4, -0.2) is 43.4 Å². The number of hydrogen-bond acceptors (Lipinski definition) is 4. The highest BCUT2D eigenvalue weighted by Crippen LogP contribution is 2.25. The highest BCUT2D eigenvalue weighted by Gasteiger charge is 2.35. The first-order valence-electron chi connectivity index (χ1n) is 9.87. The van der Waals surface area contributed by atoms with E-state index in [2.05, 4.69) is 6.92 Å². The average Bonchev–Trinajstić information content (AvgIpc) is 3.07. The first kappa shape index (κ1) is 21.7. The zero-order valence-corrected chi connectivity index (χ0v) is 18.1. The second-order valence-corrected chi connectivity index (χ2v) is 9.94. The highest BCUT2D eigenvalue weighted by molar-refractivity contribution is 7.91. The van der Waals surface area contributed by atoms with E-state index < -0.39 is 9.84 Å². The first-order valence-corrected chi connectivity index (χ1v) is 12.1. The normalized spacial score (nSPS) is 17.8. The Bertz CT molecular complexity index is 944. The Labute approximate surface area is 177 Å². The van der Waals surface area contributed by atoms with Gasteiger partial charge in [0.25, 0.3) is 5.91 Å². The predicted molar refractivity (Wildman–Crippen MR) is 115 cm³/mol. The number of benzene rings is 2. The first-order chi connectivity index (χ1) is 13.9. The second kappa shape index (κ2) is 9.63. The Hall–Kier alpha value is -2.05. The molecule has 1 fully saturated rings. The molecule has 0 bridgehead atoms. The zero-order chi connectivity index (χ0) is 20.9. The molecule has 7 heteroatoms. The summed E-state index contributed by atoms with van der Waals surface area (Å²) in [7, 11) is -3.13. The van der Waals surface area contributed by atoms with Crippen molar-refractivity contribution in [2.45, 2.75) is 38.8 Å². The lowest BCUT2D eigenvalue weighted by Gasteiger charge is -2.29. The fourth-order valence-electron chi connectivity index (χ4n) is 3.39. The molecule has 156 valence electrons. The molecule has 0 aliphatic carbocycles. The molecule has 1 aliphatic heterocycles. The number of ether oxygens (including phenoxy) is 1. The van der Waals surface area contributed by atoms with Gasteiger partial charge >= 0.3 is 0 Å². The van der Waals surface area contributed by atoms with Gasteiger partial charge in [-0.25, -0.2) is 8.42 Å². The summed E-state index contributed by atoms with van der Waals surface area (Å²) in [6, 6.07) is 14.0. The van der Waals surface area contributed by atoms with Crippen molar-refractivity contribution in [3.8, 4) is 5.75 Å². The summed E-state index contributed by atoms with van der Waals surface area (Å²) >= 11 is 6.29. The lowest BCUT2D eigenvalue weighted by molar-refractivity contribution is 0.0681. The van der Waals surface area contributed by atoms with Gasteiger partial charge in [0.1, 0.15) is 5.75 Å². The van der Waals surface area contributed by atoms with E-state index in [4.69, 9.17) is 16.3 Å². The van der Waals surface area contributed by atoms with Crippen LogP contribution in [0.5, 0.6) is 5.75 Å². The number of hydrogen-bond donors (Lipinski definition) is 0. The van der Waals surface area contributed by atoms with E-state index in [1.54, 1.807) is 35.2 Å². The molecule has 0 radical (unpaired) electrons. The molecule has 3 rings (SSSR count). The fraction of sp³-hybridized carbons (Fsp3) is 0.409. The van der Waals surface area contributed by atoms with Crippen molar-refractivity contribution in [2.24, 2.45) is 0 Å². The van der Waals surface area contributed by atoms with Gasteiger partial charge in [0.15, 0.2) is 9.84 Å². The molecule has 0 unspecified atom stereocenters. The summed E-state index contributed by atoms with van der Waals surface area (Å²) in [6.45, 7) is 3.01. The van der Waals surface area contributed by atoms with Crippen LogP contribution in [0, 0.1) is 0 Å². The standard InChI is InChI=1S/C22H26ClNO4S/c1-2-3-13-28-20-10-8-17(9-11-20)22(25)24(19-12-14-29(26,27)16-19)15-18-6-4-5-7-21(18)23/h4-11,19H,2-3,12-16H2,1H3/t19-/m0/s1. The van der Waals surface area contributed by atoms with E-state index in [0.717, 1.165) is 24.2 Å². The van der Waals surface area contributed by atoms with Crippen molar-refractivity contribution >= 4 is 27.3 Å². The number of carbonyl (C=O) groups excluding carboxylic acids is 1. The molecule has 1 heterocycles. The van der Waals surface area contributed by atoms with Crippen molar-refractivity contribution in [1.82, 2.24) is 4.90 Å². The average molecular weight is 436 g/mol. The quantitative estimate of drug-likeness (QED) is 0.578. The fourth-order valence-corrected chi connectivity index (χ4v) is 5.32. The van der Waals surface area contributed by atoms with Gasteiger partial charge < -0.3 is 9.64 Å². The van der Waals surface area contributed by atoms with Crippen molar-refractivity contribution < 1.29 is 17.9 Å². The number of rotatable bonds is 8. The number of sulfone groups is 1. The van der Waals surface area contributed by atoms with E-state index in [1.807, 2.05) is 18.2 Å². The van der Waals surface area contributed by atoms with Crippen molar-refractivity contribution in [3.63, 3.8) is 0 Å². The lowest BCUT2D eigenvalue weighted by Crippen LogP contribution is -2.40. The smallest absolute Gasteiger partial charge is 0.254 e. The monoisotopic (exact) mass is 435 g/mol. The Balaban J connectivity index is 1.81. The summed E-state index contributed by atoms with van der Waals surface area (Å²) in [4.78, 5) is 14.9. The van der Waals surface area contributed by atoms with Crippen LogP contribution in [0.2, 0.25) is 5.02 Å². The molecule has 2 aromatic carbocycles. The lowest BCUT2D eigenvalue weighted by atomic mass is 10.1. The minimum Gasteiger partial charge on any atom is -0.494 e. The highest BCUT2D eigenvalue weighted by atomic mass is 35.5. The summed E-state index contributed by atoms with van der Waals surface area (Å²) in [5.74, 6) is 0.610. The van der Waals surface area contributed by atoms with E-state index in [0.29, 0.717) is 23.6 Å². The van der Waals surface area contributed by atoms with Gasteiger partial charge in [-0.3, -0.25) is 4.79 Å². The van der Waals surface area contributed by atoms with Crippen LogP contribution >= 0.6 is 11.6 Å². The number of unbranched alkanes of at least 4 members (excludes halogenated alkanes) is 1. The number of carbonyl (C=O) groups is 1. The maximum atomic E-state index is 13.3. The summed E-state index contributed by atoms with van der Waals surface area (Å²) in [5, 5.41) is 0.561. The van der Waals surface area contributed by atoms with Gasteiger partial charge in [0, 0.05) is 23.2 Å². The van der Waals surface area contributed by atoms with Crippen LogP contribution in [0.1, 0.15) is 42.1 Å². The predicted octanol–water partition coefficient (Wildman–Crippen LogP) is 4.35. The molecule has 0 spiro atoms. The van der Waals surface area contributed by atoms with Crippen LogP contribution < -0.4 is 4.74 Å². The maximum absolute atomic E-state index is 13.3. The van der Waals surface area contributed by atoms with Crippen LogP contribution in [0.25, 0.3) is 0 Å². The third kappa shape index (κ3) is 5.73. The van der Waals surface area contributed by atoms with Crippen molar-refractivity contribution in [2.75, 3.05) is 18.1 Å². The summed E-state index contributed by atoms with van der Waals surface area (Å²) < 4.78 is 29.7. The molecule has 0 saturated carbocycles. The Morgan fingerprint density at radius 3 is 2.52 bits per heavy atom. The molecule has 1 amide bonds. The van der Waals surface area contributed by atoms with Gasteiger partial charge in [0.05, 0.1) is 18.1 Å². The minimum atomic E-state index is -3.13. The van der Waals surface area contributed by atoms with Crippen LogP contribution in [0.4, 0.5) is 0 Å². The number of amides is 1. The van der Waals surface area contributed by atoms with Crippen molar-refractivity contribution in [1.29, 1.82) is 0 Å². The molecule has 5 nitrogen and oxygen atoms in total. The SMILES string of the molecule is CCCCOc1ccc(C(=O)N(Cc2ccccc2Cl)[C@H]2CCS(=O)(=O)C2)cc1. The Morgan fingerprint density at radius 1 is 1.17 bits per heavy atom. The molecule has 1 atom stereocenters. The minimum absolute atomic E-state index is 0.0125. The summed E-state index contributed by atoms with van der Waals surface area (Å²) in [5.41, 5.74) is 1.30. The van der Waals surface area contributed by atoms with E-state index in [-0.39, 0.29) is 30.0 Å². The van der Waals surface area contributed by atoms with Gasteiger partial charge in [-0.05, 0) is 48.7 Å². The molecule has 1 saturated heterocycles. The Kier molecular flexibility index (Phi) is 7.19. The number of halogens is 1. The maximum Gasteiger partial charge on any atom is 0.254 e. The van der Waals surface area contributed by atoms with Crippen LogP contribution in [0.15, 0.2) is 48.5 Å². The molecule has 0 aromatic heterocycles. The van der Waals surface area contributed by atoms with Crippen LogP contribution in [-0.2, 0) is 16.4 Å². The van der Waals surface area contributed by atoms with E-state index in [1.165, 1.54) is 0 Å². The third-order valence-corrected chi connectivity index (χ3v) is 7.20. The summed E-state index contributed by atoms with van der Waals surface area (Å²) in [6.07, 6.45) is 2.47.